The number of hydrogen-bond donors (Lipinski definition) is 2. The summed E-state index contributed by atoms with van der Waals surface area (Å²) in [6, 6.07) is 1.61. The van der Waals surface area contributed by atoms with Gasteiger partial charge in [-0.25, -0.2) is 0 Å². The predicted molar refractivity (Wildman–Crippen MR) is 67.1 cm³/mol. The van der Waals surface area contributed by atoms with E-state index < -0.39 is 55.0 Å². The lowest BCUT2D eigenvalue weighted by molar-refractivity contribution is -0.132. The summed E-state index contributed by atoms with van der Waals surface area (Å²) in [6.45, 7) is 1.12. The number of hydrogen-bond acceptors (Lipinski definition) is 2. The molecule has 0 aliphatic carbocycles. The lowest BCUT2D eigenvalue weighted by atomic mass is 9.92. The van der Waals surface area contributed by atoms with Gasteiger partial charge in [0.1, 0.15) is 0 Å². The maximum absolute atomic E-state index is 12.6. The van der Waals surface area contributed by atoms with Gasteiger partial charge in [-0.3, -0.25) is 9.36 Å². The summed E-state index contributed by atoms with van der Waals surface area (Å²) in [5, 5.41) is 0. The molecule has 0 spiro atoms. The summed E-state index contributed by atoms with van der Waals surface area (Å²) >= 11 is 0. The lowest BCUT2D eigenvalue weighted by Crippen LogP contribution is -2.21. The molecule has 0 aliphatic heterocycles. The number of alkyl halides is 6. The van der Waals surface area contributed by atoms with Crippen LogP contribution in [-0.2, 0) is 17.4 Å². The standard InChI is InChI=1S/C12H11F6O4P/c1-6-2-3-7(10(19)23(20,21)22)9(5-12(16,17)18)8(6)4-11(13,14)15/h2-3H,4-5H2,1H3,(H2,20,21,22). The molecular formula is C12H11F6O4P. The van der Waals surface area contributed by atoms with Crippen molar-refractivity contribution in [2.75, 3.05) is 0 Å². The minimum Gasteiger partial charge on any atom is -0.319 e. The van der Waals surface area contributed by atoms with Crippen LogP contribution < -0.4 is 0 Å². The Kier molecular flexibility index (Phi) is 5.35. The zero-order valence-corrected chi connectivity index (χ0v) is 12.4. The lowest BCUT2D eigenvalue weighted by Gasteiger charge is -2.19. The maximum Gasteiger partial charge on any atom is 0.396 e. The monoisotopic (exact) mass is 364 g/mol. The molecule has 0 aromatic heterocycles. The van der Waals surface area contributed by atoms with Gasteiger partial charge in [-0.1, -0.05) is 12.1 Å². The van der Waals surface area contributed by atoms with Crippen LogP contribution in [0.4, 0.5) is 26.3 Å². The molecule has 1 rings (SSSR count). The van der Waals surface area contributed by atoms with E-state index in [4.69, 9.17) is 9.79 Å². The normalized spacial score (nSPS) is 13.3. The maximum atomic E-state index is 12.6. The number of rotatable bonds is 4. The van der Waals surface area contributed by atoms with E-state index in [1.54, 1.807) is 0 Å². The Labute approximate surface area is 126 Å². The molecule has 0 heterocycles. The molecule has 2 N–H and O–H groups in total. The Morgan fingerprint density at radius 1 is 1.00 bits per heavy atom. The molecule has 130 valence electrons. The summed E-state index contributed by atoms with van der Waals surface area (Å²) < 4.78 is 86.6. The van der Waals surface area contributed by atoms with Crippen molar-refractivity contribution in [3.8, 4) is 0 Å². The first-order chi connectivity index (χ1) is 10.1. The number of carbonyl (C=O) groups excluding carboxylic acids is 1. The van der Waals surface area contributed by atoms with Crippen LogP contribution in [0.5, 0.6) is 0 Å². The van der Waals surface area contributed by atoms with Gasteiger partial charge >= 0.3 is 19.9 Å². The summed E-state index contributed by atoms with van der Waals surface area (Å²) in [5.41, 5.74) is -5.04. The first kappa shape index (κ1) is 19.7. The Balaban J connectivity index is 3.62. The Hall–Kier alpha value is -1.38. The van der Waals surface area contributed by atoms with E-state index >= 15 is 0 Å². The SMILES string of the molecule is Cc1ccc(C(=O)P(=O)(O)O)c(CC(F)(F)F)c1CC(F)(F)F. The Bertz CT molecular complexity index is 659. The van der Waals surface area contributed by atoms with Crippen LogP contribution in [-0.4, -0.2) is 27.7 Å². The van der Waals surface area contributed by atoms with Crippen LogP contribution in [0.1, 0.15) is 27.0 Å². The summed E-state index contributed by atoms with van der Waals surface area (Å²) in [4.78, 5) is 29.2. The fourth-order valence-electron chi connectivity index (χ4n) is 2.02. The fraction of sp³-hybridized carbons (Fsp3) is 0.417. The van der Waals surface area contributed by atoms with Crippen molar-refractivity contribution in [1.82, 2.24) is 0 Å². The van der Waals surface area contributed by atoms with E-state index in [0.29, 0.717) is 6.07 Å². The molecule has 23 heavy (non-hydrogen) atoms. The highest BCUT2D eigenvalue weighted by atomic mass is 31.2. The van der Waals surface area contributed by atoms with Crippen LogP contribution in [0.2, 0.25) is 0 Å². The summed E-state index contributed by atoms with van der Waals surface area (Å²) in [7, 11) is -5.44. The van der Waals surface area contributed by atoms with Gasteiger partial charge in [0.2, 0.25) is 0 Å². The van der Waals surface area contributed by atoms with Gasteiger partial charge in [0.25, 0.3) is 5.52 Å². The largest absolute Gasteiger partial charge is 0.396 e. The minimum absolute atomic E-state index is 0.163. The van der Waals surface area contributed by atoms with Crippen molar-refractivity contribution >= 4 is 13.1 Å². The third kappa shape index (κ3) is 5.63. The first-order valence-corrected chi connectivity index (χ1v) is 7.58. The Morgan fingerprint density at radius 3 is 1.83 bits per heavy atom. The predicted octanol–water partition coefficient (Wildman–Crippen LogP) is 3.52. The van der Waals surface area contributed by atoms with E-state index in [9.17, 15) is 35.7 Å². The van der Waals surface area contributed by atoms with Crippen molar-refractivity contribution in [3.05, 3.63) is 34.4 Å². The molecule has 0 saturated carbocycles. The van der Waals surface area contributed by atoms with Crippen LogP contribution in [0.3, 0.4) is 0 Å². The highest BCUT2D eigenvalue weighted by Gasteiger charge is 2.38. The van der Waals surface area contributed by atoms with Gasteiger partial charge < -0.3 is 9.79 Å². The van der Waals surface area contributed by atoms with Gasteiger partial charge in [0.05, 0.1) is 12.8 Å². The van der Waals surface area contributed by atoms with Gasteiger partial charge in [0.15, 0.2) is 0 Å². The fourth-order valence-corrected chi connectivity index (χ4v) is 2.54. The molecule has 0 atom stereocenters. The molecule has 0 saturated heterocycles. The first-order valence-electron chi connectivity index (χ1n) is 5.97. The average Bonchev–Trinajstić information content (AvgIpc) is 2.29. The Morgan fingerprint density at radius 2 is 1.43 bits per heavy atom. The summed E-state index contributed by atoms with van der Waals surface area (Å²) in [5.74, 6) is 0. The van der Waals surface area contributed by atoms with Crippen molar-refractivity contribution in [2.45, 2.75) is 32.1 Å². The number of halogens is 6. The zero-order chi connectivity index (χ0) is 18.2. The molecule has 0 amide bonds. The van der Waals surface area contributed by atoms with Crippen molar-refractivity contribution < 1.29 is 45.5 Å². The average molecular weight is 364 g/mol. The zero-order valence-electron chi connectivity index (χ0n) is 11.5. The molecule has 11 heteroatoms. The molecule has 0 aliphatic rings. The van der Waals surface area contributed by atoms with Crippen LogP contribution in [0.15, 0.2) is 12.1 Å². The van der Waals surface area contributed by atoms with Crippen LogP contribution >= 0.6 is 7.60 Å². The number of benzene rings is 1. The smallest absolute Gasteiger partial charge is 0.319 e. The van der Waals surface area contributed by atoms with E-state index in [1.807, 2.05) is 0 Å². The van der Waals surface area contributed by atoms with Crippen molar-refractivity contribution in [3.63, 3.8) is 0 Å². The third-order valence-corrected chi connectivity index (χ3v) is 3.68. The van der Waals surface area contributed by atoms with Crippen LogP contribution in [0, 0.1) is 6.92 Å². The van der Waals surface area contributed by atoms with Gasteiger partial charge in [0, 0.05) is 5.56 Å². The van der Waals surface area contributed by atoms with Gasteiger partial charge in [-0.15, -0.1) is 0 Å². The van der Waals surface area contributed by atoms with E-state index in [-0.39, 0.29) is 5.56 Å². The van der Waals surface area contributed by atoms with Crippen molar-refractivity contribution in [2.24, 2.45) is 0 Å². The molecule has 0 radical (unpaired) electrons. The molecule has 0 unspecified atom stereocenters. The number of aryl methyl sites for hydroxylation is 1. The molecule has 0 fully saturated rings. The second-order valence-electron chi connectivity index (χ2n) is 4.82. The highest BCUT2D eigenvalue weighted by molar-refractivity contribution is 7.70. The van der Waals surface area contributed by atoms with Gasteiger partial charge in [-0.05, 0) is 23.6 Å². The van der Waals surface area contributed by atoms with E-state index in [2.05, 4.69) is 0 Å². The molecule has 1 aromatic rings. The summed E-state index contributed by atoms with van der Waals surface area (Å²) in [6.07, 6.45) is -13.5. The van der Waals surface area contributed by atoms with Gasteiger partial charge in [-0.2, -0.15) is 26.3 Å². The molecule has 1 aromatic carbocycles. The number of carbonyl (C=O) groups is 1. The second-order valence-corrected chi connectivity index (χ2v) is 6.31. The highest BCUT2D eigenvalue weighted by Crippen LogP contribution is 2.42. The topological polar surface area (TPSA) is 74.6 Å². The molecular weight excluding hydrogens is 353 g/mol. The molecule has 4 nitrogen and oxygen atoms in total. The van der Waals surface area contributed by atoms with E-state index in [1.165, 1.54) is 0 Å². The second kappa shape index (κ2) is 6.26. The van der Waals surface area contributed by atoms with E-state index in [0.717, 1.165) is 13.0 Å². The molecule has 0 bridgehead atoms. The van der Waals surface area contributed by atoms with Crippen LogP contribution in [0.25, 0.3) is 0 Å². The van der Waals surface area contributed by atoms with Crippen molar-refractivity contribution in [1.29, 1.82) is 0 Å². The third-order valence-electron chi connectivity index (χ3n) is 2.91. The minimum atomic E-state index is -5.44. The quantitative estimate of drug-likeness (QED) is 0.633.